The molecule has 0 radical (unpaired) electrons. The second-order valence-corrected chi connectivity index (χ2v) is 4.74. The molecule has 0 bridgehead atoms. The van der Waals surface area contributed by atoms with Crippen LogP contribution in [0.5, 0.6) is 0 Å². The lowest BCUT2D eigenvalue weighted by molar-refractivity contribution is 0.548. The molecule has 1 unspecified atom stereocenters. The Kier molecular flexibility index (Phi) is 3.17. The largest absolute Gasteiger partial charge is 0.417 e. The van der Waals surface area contributed by atoms with Gasteiger partial charge in [0.05, 0.1) is 5.52 Å². The first-order valence-corrected chi connectivity index (χ1v) is 6.37. The number of rotatable bonds is 4. The summed E-state index contributed by atoms with van der Waals surface area (Å²) in [7, 11) is 0. The first-order chi connectivity index (χ1) is 8.81. The van der Waals surface area contributed by atoms with E-state index in [0.717, 1.165) is 31.6 Å². The van der Waals surface area contributed by atoms with Crippen LogP contribution in [0.15, 0.2) is 27.4 Å². The van der Waals surface area contributed by atoms with Crippen molar-refractivity contribution in [2.24, 2.45) is 0 Å². The minimum absolute atomic E-state index is 0.391. The van der Waals surface area contributed by atoms with Crippen LogP contribution in [0.2, 0.25) is 0 Å². The predicted octanol–water partition coefficient (Wildman–Crippen LogP) is 0.615. The van der Waals surface area contributed by atoms with Crippen LogP contribution in [0.4, 0.5) is 0 Å². The SMILES string of the molecule is O=c1[nH]c2ccc(CCNC3CCNC3)cc2o1. The topological polar surface area (TPSA) is 70.1 Å². The van der Waals surface area contributed by atoms with Gasteiger partial charge in [-0.3, -0.25) is 4.98 Å². The highest BCUT2D eigenvalue weighted by atomic mass is 16.4. The Bertz CT molecular complexity index is 581. The van der Waals surface area contributed by atoms with Crippen LogP contribution in [-0.4, -0.2) is 30.7 Å². The zero-order valence-corrected chi connectivity index (χ0v) is 10.2. The van der Waals surface area contributed by atoms with Crippen molar-refractivity contribution in [2.75, 3.05) is 19.6 Å². The van der Waals surface area contributed by atoms with Gasteiger partial charge >= 0.3 is 5.76 Å². The fourth-order valence-corrected chi connectivity index (χ4v) is 2.39. The molecule has 1 atom stereocenters. The molecule has 96 valence electrons. The predicted molar refractivity (Wildman–Crippen MR) is 69.8 cm³/mol. The number of nitrogens with one attached hydrogen (secondary N) is 3. The average Bonchev–Trinajstić information content (AvgIpc) is 2.96. The Morgan fingerprint density at radius 3 is 3.22 bits per heavy atom. The van der Waals surface area contributed by atoms with Gasteiger partial charge in [0.1, 0.15) is 0 Å². The maximum atomic E-state index is 11.0. The molecule has 0 saturated carbocycles. The summed E-state index contributed by atoms with van der Waals surface area (Å²) in [5.41, 5.74) is 2.58. The van der Waals surface area contributed by atoms with Crippen LogP contribution in [0.3, 0.4) is 0 Å². The molecular formula is C13H17N3O2. The highest BCUT2D eigenvalue weighted by molar-refractivity contribution is 5.72. The zero-order valence-electron chi connectivity index (χ0n) is 10.2. The fourth-order valence-electron chi connectivity index (χ4n) is 2.39. The van der Waals surface area contributed by atoms with Crippen LogP contribution >= 0.6 is 0 Å². The van der Waals surface area contributed by atoms with Crippen LogP contribution < -0.4 is 16.4 Å². The van der Waals surface area contributed by atoms with Gasteiger partial charge in [0.15, 0.2) is 5.58 Å². The molecule has 18 heavy (non-hydrogen) atoms. The van der Waals surface area contributed by atoms with Crippen molar-refractivity contribution in [3.63, 3.8) is 0 Å². The van der Waals surface area contributed by atoms with Gasteiger partial charge in [0, 0.05) is 12.6 Å². The van der Waals surface area contributed by atoms with Gasteiger partial charge in [0.2, 0.25) is 0 Å². The van der Waals surface area contributed by atoms with Gasteiger partial charge in [-0.05, 0) is 43.6 Å². The monoisotopic (exact) mass is 247 g/mol. The van der Waals surface area contributed by atoms with E-state index in [4.69, 9.17) is 4.42 Å². The Hall–Kier alpha value is -1.59. The maximum Gasteiger partial charge on any atom is 0.417 e. The first-order valence-electron chi connectivity index (χ1n) is 6.37. The number of oxazole rings is 1. The quantitative estimate of drug-likeness (QED) is 0.740. The van der Waals surface area contributed by atoms with Gasteiger partial charge in [0.25, 0.3) is 0 Å². The minimum atomic E-state index is -0.391. The summed E-state index contributed by atoms with van der Waals surface area (Å²) < 4.78 is 5.05. The third-order valence-corrected chi connectivity index (χ3v) is 3.39. The van der Waals surface area contributed by atoms with E-state index in [1.165, 1.54) is 12.0 Å². The minimum Gasteiger partial charge on any atom is -0.408 e. The van der Waals surface area contributed by atoms with Crippen molar-refractivity contribution in [3.8, 4) is 0 Å². The molecule has 1 aliphatic rings. The molecule has 5 nitrogen and oxygen atoms in total. The summed E-state index contributed by atoms with van der Waals surface area (Å²) in [4.78, 5) is 13.7. The van der Waals surface area contributed by atoms with Gasteiger partial charge in [-0.25, -0.2) is 4.79 Å². The van der Waals surface area contributed by atoms with Crippen molar-refractivity contribution in [1.29, 1.82) is 0 Å². The van der Waals surface area contributed by atoms with E-state index in [1.807, 2.05) is 18.2 Å². The van der Waals surface area contributed by atoms with Crippen molar-refractivity contribution in [2.45, 2.75) is 18.9 Å². The molecule has 0 amide bonds. The zero-order chi connectivity index (χ0) is 12.4. The second kappa shape index (κ2) is 4.96. The summed E-state index contributed by atoms with van der Waals surface area (Å²) in [6.45, 7) is 3.12. The van der Waals surface area contributed by atoms with E-state index in [-0.39, 0.29) is 0 Å². The number of benzene rings is 1. The number of aromatic amines is 1. The normalized spacial score (nSPS) is 19.7. The molecule has 3 N–H and O–H groups in total. The lowest BCUT2D eigenvalue weighted by Gasteiger charge is -2.10. The molecule has 1 aromatic carbocycles. The van der Waals surface area contributed by atoms with Crippen LogP contribution in [-0.2, 0) is 6.42 Å². The van der Waals surface area contributed by atoms with Gasteiger partial charge in [-0.2, -0.15) is 0 Å². The smallest absolute Gasteiger partial charge is 0.408 e. The maximum absolute atomic E-state index is 11.0. The van der Waals surface area contributed by atoms with E-state index in [2.05, 4.69) is 15.6 Å². The third kappa shape index (κ3) is 2.47. The molecule has 1 fully saturated rings. The van der Waals surface area contributed by atoms with Crippen molar-refractivity contribution < 1.29 is 4.42 Å². The molecule has 0 spiro atoms. The molecule has 1 aromatic heterocycles. The lowest BCUT2D eigenvalue weighted by atomic mass is 10.1. The Morgan fingerprint density at radius 2 is 2.39 bits per heavy atom. The van der Waals surface area contributed by atoms with E-state index >= 15 is 0 Å². The molecular weight excluding hydrogens is 230 g/mol. The summed E-state index contributed by atoms with van der Waals surface area (Å²) in [6.07, 6.45) is 2.15. The summed E-state index contributed by atoms with van der Waals surface area (Å²) >= 11 is 0. The summed E-state index contributed by atoms with van der Waals surface area (Å²) in [5, 5.41) is 6.85. The number of aromatic nitrogens is 1. The number of hydrogen-bond acceptors (Lipinski definition) is 4. The molecule has 1 saturated heterocycles. The molecule has 0 aliphatic carbocycles. The van der Waals surface area contributed by atoms with Crippen LogP contribution in [0.1, 0.15) is 12.0 Å². The van der Waals surface area contributed by atoms with Crippen LogP contribution in [0, 0.1) is 0 Å². The number of hydrogen-bond donors (Lipinski definition) is 3. The first kappa shape index (κ1) is 11.5. The second-order valence-electron chi connectivity index (χ2n) is 4.74. The third-order valence-electron chi connectivity index (χ3n) is 3.39. The summed E-state index contributed by atoms with van der Waals surface area (Å²) in [6, 6.07) is 6.45. The molecule has 1 aliphatic heterocycles. The van der Waals surface area contributed by atoms with Gasteiger partial charge < -0.3 is 15.1 Å². The van der Waals surface area contributed by atoms with Crippen molar-refractivity contribution in [1.82, 2.24) is 15.6 Å². The number of H-pyrrole nitrogens is 1. The van der Waals surface area contributed by atoms with Crippen molar-refractivity contribution in [3.05, 3.63) is 34.3 Å². The highest BCUT2D eigenvalue weighted by Gasteiger charge is 2.12. The summed E-state index contributed by atoms with van der Waals surface area (Å²) in [5.74, 6) is -0.391. The van der Waals surface area contributed by atoms with E-state index in [0.29, 0.717) is 11.6 Å². The van der Waals surface area contributed by atoms with E-state index in [1.54, 1.807) is 0 Å². The number of fused-ring (bicyclic) bond motifs is 1. The fraction of sp³-hybridized carbons (Fsp3) is 0.462. The Balaban J connectivity index is 1.61. The van der Waals surface area contributed by atoms with Crippen molar-refractivity contribution >= 4 is 11.1 Å². The van der Waals surface area contributed by atoms with Crippen LogP contribution in [0.25, 0.3) is 11.1 Å². The highest BCUT2D eigenvalue weighted by Crippen LogP contribution is 2.12. The molecule has 2 aromatic rings. The van der Waals surface area contributed by atoms with E-state index < -0.39 is 5.76 Å². The standard InChI is InChI=1S/C13H17N3O2/c17-13-16-11-2-1-9(7-12(11)18-13)3-6-15-10-4-5-14-8-10/h1-2,7,10,14-15H,3-6,8H2,(H,16,17). The lowest BCUT2D eigenvalue weighted by Crippen LogP contribution is -2.32. The van der Waals surface area contributed by atoms with E-state index in [9.17, 15) is 4.79 Å². The van der Waals surface area contributed by atoms with Gasteiger partial charge in [-0.15, -0.1) is 0 Å². The average molecular weight is 247 g/mol. The van der Waals surface area contributed by atoms with Gasteiger partial charge in [-0.1, -0.05) is 6.07 Å². The molecule has 3 rings (SSSR count). The molecule has 5 heteroatoms. The Labute approximate surface area is 105 Å². The Morgan fingerprint density at radius 1 is 1.44 bits per heavy atom. The molecule has 2 heterocycles.